The zero-order valence-electron chi connectivity index (χ0n) is 10.6. The molecule has 1 unspecified atom stereocenters. The van der Waals surface area contributed by atoms with Crippen molar-refractivity contribution in [3.8, 4) is 5.75 Å². The molecule has 0 saturated carbocycles. The minimum absolute atomic E-state index is 0.215. The van der Waals surface area contributed by atoms with Crippen LogP contribution in [0.4, 0.5) is 0 Å². The van der Waals surface area contributed by atoms with Crippen LogP contribution in [0.3, 0.4) is 0 Å². The normalized spacial score (nSPS) is 12.7. The van der Waals surface area contributed by atoms with Gasteiger partial charge < -0.3 is 10.1 Å². The first kappa shape index (κ1) is 14.1. The van der Waals surface area contributed by atoms with Crippen molar-refractivity contribution in [2.75, 3.05) is 13.7 Å². The molecule has 0 aliphatic rings. The van der Waals surface area contributed by atoms with Crippen LogP contribution in [-0.2, 0) is 0 Å². The van der Waals surface area contributed by atoms with Crippen LogP contribution < -0.4 is 10.1 Å². The van der Waals surface area contributed by atoms with Gasteiger partial charge in [-0.2, -0.15) is 0 Å². The molecule has 2 nitrogen and oxygen atoms in total. The van der Waals surface area contributed by atoms with Crippen molar-refractivity contribution >= 4 is 38.6 Å². The summed E-state index contributed by atoms with van der Waals surface area (Å²) in [6.07, 6.45) is 0. The van der Waals surface area contributed by atoms with E-state index in [9.17, 15) is 0 Å². The molecule has 0 aliphatic carbocycles. The average molecular weight is 346 g/mol. The molecule has 0 fully saturated rings. The van der Waals surface area contributed by atoms with Gasteiger partial charge >= 0.3 is 0 Å². The summed E-state index contributed by atoms with van der Waals surface area (Å²) in [5.74, 6) is 0.965. The molecule has 0 amide bonds. The van der Waals surface area contributed by atoms with Gasteiger partial charge in [0.05, 0.1) is 21.8 Å². The van der Waals surface area contributed by atoms with E-state index >= 15 is 0 Å². The molecule has 0 bridgehead atoms. The fourth-order valence-electron chi connectivity index (χ4n) is 1.98. The second-order valence-electron chi connectivity index (χ2n) is 3.91. The van der Waals surface area contributed by atoms with E-state index in [2.05, 4.69) is 46.5 Å². The minimum atomic E-state index is 0.215. The number of halogens is 1. The van der Waals surface area contributed by atoms with E-state index in [0.29, 0.717) is 0 Å². The maximum absolute atomic E-state index is 5.44. The predicted molar refractivity (Wildman–Crippen MR) is 83.1 cm³/mol. The molecule has 1 atom stereocenters. The summed E-state index contributed by atoms with van der Waals surface area (Å²) in [4.78, 5) is 2.58. The quantitative estimate of drug-likeness (QED) is 0.855. The Morgan fingerprint density at radius 3 is 2.83 bits per heavy atom. The van der Waals surface area contributed by atoms with Gasteiger partial charge in [0, 0.05) is 4.88 Å². The zero-order valence-corrected chi connectivity index (χ0v) is 13.8. The third-order valence-corrected chi connectivity index (χ3v) is 5.32. The Labute approximate surface area is 124 Å². The van der Waals surface area contributed by atoms with Crippen LogP contribution in [0.1, 0.15) is 28.3 Å². The van der Waals surface area contributed by atoms with Crippen molar-refractivity contribution in [2.24, 2.45) is 0 Å². The first-order chi connectivity index (χ1) is 8.67. The Morgan fingerprint density at radius 2 is 2.28 bits per heavy atom. The number of aryl methyl sites for hydroxylation is 1. The van der Waals surface area contributed by atoms with Crippen LogP contribution in [0.25, 0.3) is 0 Å². The molecule has 0 radical (unpaired) electrons. The molecule has 2 rings (SSSR count). The Kier molecular flexibility index (Phi) is 4.84. The molecule has 0 spiro atoms. The molecular formula is C13H16BrNOS2. The second-order valence-corrected chi connectivity index (χ2v) is 7.49. The fourth-order valence-corrected chi connectivity index (χ4v) is 4.68. The van der Waals surface area contributed by atoms with Gasteiger partial charge in [-0.1, -0.05) is 6.92 Å². The van der Waals surface area contributed by atoms with Crippen molar-refractivity contribution in [3.05, 3.63) is 36.6 Å². The zero-order chi connectivity index (χ0) is 13.1. The maximum Gasteiger partial charge on any atom is 0.134 e. The molecule has 98 valence electrons. The molecule has 0 aliphatic heterocycles. The molecule has 1 N–H and O–H groups in total. The van der Waals surface area contributed by atoms with Crippen LogP contribution in [0.15, 0.2) is 21.3 Å². The largest absolute Gasteiger partial charge is 0.496 e. The van der Waals surface area contributed by atoms with Gasteiger partial charge in [-0.25, -0.2) is 0 Å². The molecule has 2 aromatic heterocycles. The van der Waals surface area contributed by atoms with Crippen molar-refractivity contribution < 1.29 is 4.74 Å². The Morgan fingerprint density at radius 1 is 1.50 bits per heavy atom. The summed E-state index contributed by atoms with van der Waals surface area (Å²) in [5, 5.41) is 5.63. The Bertz CT molecular complexity index is 521. The first-order valence-electron chi connectivity index (χ1n) is 5.78. The van der Waals surface area contributed by atoms with Crippen LogP contribution in [0.2, 0.25) is 0 Å². The van der Waals surface area contributed by atoms with Gasteiger partial charge in [-0.3, -0.25) is 0 Å². The van der Waals surface area contributed by atoms with E-state index in [-0.39, 0.29) is 6.04 Å². The molecule has 2 heterocycles. The molecule has 2 aromatic rings. The highest BCUT2D eigenvalue weighted by Gasteiger charge is 2.22. The number of methoxy groups -OCH3 is 1. The lowest BCUT2D eigenvalue weighted by Crippen LogP contribution is -2.21. The van der Waals surface area contributed by atoms with Gasteiger partial charge in [-0.15, -0.1) is 22.7 Å². The lowest BCUT2D eigenvalue weighted by atomic mass is 10.1. The molecule has 5 heteroatoms. The van der Waals surface area contributed by atoms with Crippen molar-refractivity contribution in [2.45, 2.75) is 19.9 Å². The van der Waals surface area contributed by atoms with Crippen LogP contribution >= 0.6 is 38.6 Å². The van der Waals surface area contributed by atoms with Crippen molar-refractivity contribution in [1.29, 1.82) is 0 Å². The monoisotopic (exact) mass is 345 g/mol. The summed E-state index contributed by atoms with van der Waals surface area (Å²) in [6, 6.07) is 4.45. The van der Waals surface area contributed by atoms with Crippen molar-refractivity contribution in [1.82, 2.24) is 5.32 Å². The van der Waals surface area contributed by atoms with E-state index in [0.717, 1.165) is 12.3 Å². The molecule has 18 heavy (non-hydrogen) atoms. The smallest absolute Gasteiger partial charge is 0.134 e. The second kappa shape index (κ2) is 6.19. The third-order valence-electron chi connectivity index (χ3n) is 2.78. The highest BCUT2D eigenvalue weighted by molar-refractivity contribution is 9.11. The van der Waals surface area contributed by atoms with E-state index in [1.54, 1.807) is 29.8 Å². The number of nitrogens with one attached hydrogen (secondary N) is 1. The van der Waals surface area contributed by atoms with Crippen LogP contribution in [-0.4, -0.2) is 13.7 Å². The topological polar surface area (TPSA) is 21.3 Å². The SMILES string of the molecule is CCNC(c1cc(Br)sc1C)c1sccc1OC. The maximum atomic E-state index is 5.44. The molecule has 0 aromatic carbocycles. The first-order valence-corrected chi connectivity index (χ1v) is 8.26. The third kappa shape index (κ3) is 2.79. The number of hydrogen-bond donors (Lipinski definition) is 1. The minimum Gasteiger partial charge on any atom is -0.496 e. The molecule has 0 saturated heterocycles. The van der Waals surface area contributed by atoms with E-state index < -0.39 is 0 Å². The Hall–Kier alpha value is -0.360. The van der Waals surface area contributed by atoms with Gasteiger partial charge in [0.1, 0.15) is 5.75 Å². The van der Waals surface area contributed by atoms with E-state index in [1.165, 1.54) is 19.1 Å². The highest BCUT2D eigenvalue weighted by Crippen LogP contribution is 2.39. The van der Waals surface area contributed by atoms with Gasteiger partial charge in [0.2, 0.25) is 0 Å². The summed E-state index contributed by atoms with van der Waals surface area (Å²) in [6.45, 7) is 5.22. The van der Waals surface area contributed by atoms with E-state index in [1.807, 2.05) is 6.07 Å². The van der Waals surface area contributed by atoms with Crippen LogP contribution in [0, 0.1) is 6.92 Å². The van der Waals surface area contributed by atoms with Gasteiger partial charge in [0.15, 0.2) is 0 Å². The summed E-state index contributed by atoms with van der Waals surface area (Å²) >= 11 is 7.08. The fraction of sp³-hybridized carbons (Fsp3) is 0.385. The number of rotatable bonds is 5. The lowest BCUT2D eigenvalue weighted by molar-refractivity contribution is 0.408. The number of ether oxygens (including phenoxy) is 1. The highest BCUT2D eigenvalue weighted by atomic mass is 79.9. The standard InChI is InChI=1S/C13H16BrNOS2/c1-4-15-12(9-7-11(14)18-8(9)2)13-10(16-3)5-6-17-13/h5-7,12,15H,4H2,1-3H3. The lowest BCUT2D eigenvalue weighted by Gasteiger charge is -2.18. The number of thiophene rings is 2. The van der Waals surface area contributed by atoms with Gasteiger partial charge in [0.25, 0.3) is 0 Å². The summed E-state index contributed by atoms with van der Waals surface area (Å²) < 4.78 is 6.62. The summed E-state index contributed by atoms with van der Waals surface area (Å²) in [5.41, 5.74) is 1.33. The number of hydrogen-bond acceptors (Lipinski definition) is 4. The average Bonchev–Trinajstić information content (AvgIpc) is 2.92. The predicted octanol–water partition coefficient (Wildman–Crippen LogP) is 4.59. The van der Waals surface area contributed by atoms with E-state index in [4.69, 9.17) is 4.74 Å². The summed E-state index contributed by atoms with van der Waals surface area (Å²) in [7, 11) is 1.73. The van der Waals surface area contributed by atoms with Crippen molar-refractivity contribution in [3.63, 3.8) is 0 Å². The Balaban J connectivity index is 2.42. The van der Waals surface area contributed by atoms with Crippen LogP contribution in [0.5, 0.6) is 5.75 Å². The molecular weight excluding hydrogens is 330 g/mol. The van der Waals surface area contributed by atoms with Gasteiger partial charge in [-0.05, 0) is 52.5 Å².